The average Bonchev–Trinajstić information content (AvgIpc) is 2.72. The van der Waals surface area contributed by atoms with Crippen LogP contribution >= 0.6 is 0 Å². The lowest BCUT2D eigenvalue weighted by molar-refractivity contribution is -0.137. The quantitative estimate of drug-likeness (QED) is 0.680. The third-order valence-corrected chi connectivity index (χ3v) is 4.74. The number of amides is 2. The third-order valence-electron chi connectivity index (χ3n) is 4.74. The van der Waals surface area contributed by atoms with E-state index in [0.717, 1.165) is 27.8 Å². The number of halogens is 3. The Hall–Kier alpha value is -3.95. The fraction of sp³-hybridized carbons (Fsp3) is 0.143. The maximum atomic E-state index is 13.1. The van der Waals surface area contributed by atoms with Crippen LogP contribution in [0.5, 0.6) is 0 Å². The summed E-state index contributed by atoms with van der Waals surface area (Å²) in [6.45, 7) is 1.17. The molecule has 2 aromatic carbocycles. The van der Waals surface area contributed by atoms with Crippen molar-refractivity contribution >= 4 is 23.2 Å². The van der Waals surface area contributed by atoms with Crippen molar-refractivity contribution in [3.63, 3.8) is 0 Å². The molecule has 0 radical (unpaired) electrons. The van der Waals surface area contributed by atoms with Crippen LogP contribution in [0.25, 0.3) is 5.69 Å². The number of para-hydroxylation sites is 2. The van der Waals surface area contributed by atoms with Crippen molar-refractivity contribution in [2.75, 3.05) is 16.8 Å². The monoisotopic (exact) mass is 428 g/mol. The molecule has 0 unspecified atom stereocenters. The van der Waals surface area contributed by atoms with E-state index >= 15 is 0 Å². The fourth-order valence-corrected chi connectivity index (χ4v) is 3.31. The summed E-state index contributed by atoms with van der Waals surface area (Å²) < 4.78 is 40.4. The Morgan fingerprint density at radius 3 is 2.55 bits per heavy atom. The van der Waals surface area contributed by atoms with Crippen LogP contribution in [0.3, 0.4) is 0 Å². The fourth-order valence-electron chi connectivity index (χ4n) is 3.31. The van der Waals surface area contributed by atoms with Gasteiger partial charge in [-0.05, 0) is 37.3 Å². The first-order chi connectivity index (χ1) is 14.6. The highest BCUT2D eigenvalue weighted by atomic mass is 19.4. The molecule has 2 amide bonds. The number of rotatable bonds is 2. The Kier molecular flexibility index (Phi) is 4.84. The number of aryl methyl sites for hydroxylation is 1. The van der Waals surface area contributed by atoms with E-state index in [0.29, 0.717) is 11.4 Å². The van der Waals surface area contributed by atoms with Crippen LogP contribution in [0.1, 0.15) is 21.7 Å². The van der Waals surface area contributed by atoms with E-state index in [1.54, 1.807) is 24.3 Å². The van der Waals surface area contributed by atoms with E-state index in [9.17, 15) is 27.6 Å². The molecule has 7 nitrogen and oxygen atoms in total. The number of alkyl halides is 3. The van der Waals surface area contributed by atoms with Crippen LogP contribution in [0.2, 0.25) is 0 Å². The molecule has 0 spiro atoms. The van der Waals surface area contributed by atoms with Crippen LogP contribution in [0, 0.1) is 6.92 Å². The van der Waals surface area contributed by atoms with Gasteiger partial charge in [0.05, 0.1) is 22.6 Å². The number of carbonyl (C=O) groups excluding carboxylic acids is 2. The summed E-state index contributed by atoms with van der Waals surface area (Å²) in [6, 6.07) is 12.1. The van der Waals surface area contributed by atoms with Gasteiger partial charge in [0, 0.05) is 11.8 Å². The molecule has 1 aliphatic rings. The average molecular weight is 428 g/mol. The minimum atomic E-state index is -4.56. The second-order valence-corrected chi connectivity index (χ2v) is 6.92. The Balaban J connectivity index is 1.80. The predicted molar refractivity (Wildman–Crippen MR) is 106 cm³/mol. The lowest BCUT2D eigenvalue weighted by Crippen LogP contribution is -2.44. The number of anilines is 2. The van der Waals surface area contributed by atoms with Crippen molar-refractivity contribution in [2.24, 2.45) is 0 Å². The van der Waals surface area contributed by atoms with Gasteiger partial charge in [0.15, 0.2) is 5.69 Å². The van der Waals surface area contributed by atoms with Crippen LogP contribution in [-0.2, 0) is 11.0 Å². The lowest BCUT2D eigenvalue weighted by atomic mass is 10.1. The van der Waals surface area contributed by atoms with Crippen LogP contribution < -0.4 is 15.6 Å². The molecule has 2 heterocycles. The highest BCUT2D eigenvalue weighted by Gasteiger charge is 2.32. The van der Waals surface area contributed by atoms with Crippen LogP contribution in [0.15, 0.2) is 59.4 Å². The Morgan fingerprint density at radius 2 is 1.81 bits per heavy atom. The van der Waals surface area contributed by atoms with Crippen LogP contribution in [-0.4, -0.2) is 28.1 Å². The van der Waals surface area contributed by atoms with Gasteiger partial charge in [-0.2, -0.15) is 18.3 Å². The molecular formula is C21H15F3N4O3. The topological polar surface area (TPSA) is 84.3 Å². The second-order valence-electron chi connectivity index (χ2n) is 6.92. The number of nitrogens with one attached hydrogen (secondary N) is 1. The first-order valence-electron chi connectivity index (χ1n) is 9.14. The van der Waals surface area contributed by atoms with Gasteiger partial charge in [0.1, 0.15) is 6.54 Å². The maximum Gasteiger partial charge on any atom is 0.416 e. The van der Waals surface area contributed by atoms with Gasteiger partial charge >= 0.3 is 6.18 Å². The number of aromatic nitrogens is 2. The molecule has 0 fully saturated rings. The summed E-state index contributed by atoms with van der Waals surface area (Å²) in [7, 11) is 0. The number of hydrogen-bond acceptors (Lipinski definition) is 4. The van der Waals surface area contributed by atoms with E-state index < -0.39 is 34.7 Å². The zero-order valence-electron chi connectivity index (χ0n) is 16.1. The smallest absolute Gasteiger partial charge is 0.323 e. The largest absolute Gasteiger partial charge is 0.416 e. The summed E-state index contributed by atoms with van der Waals surface area (Å²) >= 11 is 0. The molecule has 10 heteroatoms. The summed E-state index contributed by atoms with van der Waals surface area (Å²) in [4.78, 5) is 38.8. The van der Waals surface area contributed by atoms with Crippen LogP contribution in [0.4, 0.5) is 24.5 Å². The molecule has 1 N–H and O–H groups in total. The van der Waals surface area contributed by atoms with Gasteiger partial charge in [-0.15, -0.1) is 0 Å². The first-order valence-corrected chi connectivity index (χ1v) is 9.14. The molecule has 3 aromatic rings. The van der Waals surface area contributed by atoms with Gasteiger partial charge in [-0.3, -0.25) is 19.3 Å². The van der Waals surface area contributed by atoms with E-state index in [1.807, 2.05) is 0 Å². The highest BCUT2D eigenvalue weighted by molar-refractivity contribution is 6.14. The molecule has 0 saturated carbocycles. The summed E-state index contributed by atoms with van der Waals surface area (Å²) in [5.41, 5.74) is -1.02. The molecule has 0 aliphatic carbocycles. The SMILES string of the molecule is Cc1cc(=O)c(C(=O)N2CC(=O)Nc3ccccc32)nn1-c1cccc(C(F)(F)F)c1. The molecule has 1 aliphatic heterocycles. The zero-order valence-corrected chi connectivity index (χ0v) is 16.1. The molecule has 31 heavy (non-hydrogen) atoms. The lowest BCUT2D eigenvalue weighted by Gasteiger charge is -2.28. The van der Waals surface area contributed by atoms with Crippen molar-refractivity contribution in [3.05, 3.63) is 81.8 Å². The number of benzene rings is 2. The molecular weight excluding hydrogens is 413 g/mol. The molecule has 0 atom stereocenters. The summed E-state index contributed by atoms with van der Waals surface area (Å²) in [5.74, 6) is -1.27. The Morgan fingerprint density at radius 1 is 1.06 bits per heavy atom. The summed E-state index contributed by atoms with van der Waals surface area (Å²) in [6.07, 6.45) is -4.56. The van der Waals surface area contributed by atoms with Gasteiger partial charge < -0.3 is 5.32 Å². The van der Waals surface area contributed by atoms with Crippen molar-refractivity contribution in [1.82, 2.24) is 9.78 Å². The summed E-state index contributed by atoms with van der Waals surface area (Å²) in [5, 5.41) is 6.69. The molecule has 158 valence electrons. The predicted octanol–water partition coefficient (Wildman–Crippen LogP) is 3.16. The van der Waals surface area contributed by atoms with E-state index in [2.05, 4.69) is 10.4 Å². The van der Waals surface area contributed by atoms with Crippen molar-refractivity contribution in [2.45, 2.75) is 13.1 Å². The normalized spacial score (nSPS) is 13.5. The Bertz CT molecular complexity index is 1270. The van der Waals surface area contributed by atoms with E-state index in [-0.39, 0.29) is 17.9 Å². The first kappa shape index (κ1) is 20.3. The molecule has 0 saturated heterocycles. The molecule has 1 aromatic heterocycles. The standard InChI is InChI=1S/C21H15F3N4O3/c1-12-9-17(29)19(26-28(12)14-6-4-5-13(10-14)21(22,23)24)20(31)27-11-18(30)25-15-7-2-3-8-16(15)27/h2-10H,11H2,1H3,(H,25,30). The third kappa shape index (κ3) is 3.79. The molecule has 4 rings (SSSR count). The highest BCUT2D eigenvalue weighted by Crippen LogP contribution is 2.31. The minimum Gasteiger partial charge on any atom is -0.323 e. The van der Waals surface area contributed by atoms with Crippen molar-refractivity contribution in [3.8, 4) is 5.69 Å². The van der Waals surface area contributed by atoms with Gasteiger partial charge in [-0.25, -0.2) is 4.68 Å². The van der Waals surface area contributed by atoms with Crippen molar-refractivity contribution in [1.29, 1.82) is 0 Å². The van der Waals surface area contributed by atoms with Crippen molar-refractivity contribution < 1.29 is 22.8 Å². The molecule has 0 bridgehead atoms. The number of hydrogen-bond donors (Lipinski definition) is 1. The van der Waals surface area contributed by atoms with Gasteiger partial charge in [0.25, 0.3) is 5.91 Å². The number of carbonyl (C=O) groups is 2. The van der Waals surface area contributed by atoms with Gasteiger partial charge in [-0.1, -0.05) is 18.2 Å². The number of nitrogens with zero attached hydrogens (tertiary/aromatic N) is 3. The van der Waals surface area contributed by atoms with E-state index in [4.69, 9.17) is 0 Å². The minimum absolute atomic E-state index is 0.0400. The van der Waals surface area contributed by atoms with E-state index in [1.165, 1.54) is 19.1 Å². The zero-order chi connectivity index (χ0) is 22.3. The Labute approximate surface area is 173 Å². The number of fused-ring (bicyclic) bond motifs is 1. The second kappa shape index (κ2) is 7.38. The maximum absolute atomic E-state index is 13.1. The van der Waals surface area contributed by atoms with Gasteiger partial charge in [0.2, 0.25) is 11.3 Å².